The SMILES string of the molecule is C#CC1(F)C(O)[C@@H]([C@@H](C)O)O[C@H]1n1cc(F)c2c(=O)[nH]c(N)nc21. The van der Waals surface area contributed by atoms with Gasteiger partial charge in [0, 0.05) is 6.20 Å². The van der Waals surface area contributed by atoms with E-state index in [1.165, 1.54) is 6.92 Å². The number of hydrogen-bond acceptors (Lipinski definition) is 6. The molecule has 0 radical (unpaired) electrons. The van der Waals surface area contributed by atoms with Gasteiger partial charge in [-0.3, -0.25) is 14.3 Å². The standard InChI is InChI=1S/C14H14F2N4O4/c1-3-14(16)9(22)8(5(2)21)24-12(14)20-4-6(15)7-10(20)18-13(17)19-11(7)23/h1,4-5,8-9,12,21-22H,2H3,(H3,17,18,19,23)/t5-,8-,9?,12-,14?/m1/s1. The molecule has 0 aromatic carbocycles. The third kappa shape index (κ3) is 2.10. The highest BCUT2D eigenvalue weighted by atomic mass is 19.1. The Bertz CT molecular complexity index is 903. The van der Waals surface area contributed by atoms with Crippen molar-refractivity contribution < 1.29 is 23.7 Å². The van der Waals surface area contributed by atoms with Crippen LogP contribution in [0, 0.1) is 18.2 Å². The number of halogens is 2. The van der Waals surface area contributed by atoms with E-state index in [2.05, 4.69) is 9.97 Å². The number of terminal acetylenes is 1. The number of nitrogen functional groups attached to an aromatic ring is 1. The highest BCUT2D eigenvalue weighted by Crippen LogP contribution is 2.43. The van der Waals surface area contributed by atoms with Crippen molar-refractivity contribution in [2.45, 2.75) is 37.1 Å². The third-order valence-corrected chi connectivity index (χ3v) is 3.99. The molecule has 2 aromatic rings. The maximum Gasteiger partial charge on any atom is 0.264 e. The van der Waals surface area contributed by atoms with Gasteiger partial charge in [0.25, 0.3) is 5.56 Å². The average Bonchev–Trinajstić information content (AvgIpc) is 2.95. The van der Waals surface area contributed by atoms with Crippen molar-refractivity contribution in [1.29, 1.82) is 0 Å². The van der Waals surface area contributed by atoms with Crippen LogP contribution in [0.2, 0.25) is 0 Å². The van der Waals surface area contributed by atoms with Crippen molar-refractivity contribution in [3.8, 4) is 12.3 Å². The number of anilines is 1. The van der Waals surface area contributed by atoms with Crippen molar-refractivity contribution in [3.05, 3.63) is 22.4 Å². The summed E-state index contributed by atoms with van der Waals surface area (Å²) in [5, 5.41) is 19.2. The van der Waals surface area contributed by atoms with E-state index in [1.807, 2.05) is 0 Å². The van der Waals surface area contributed by atoms with Gasteiger partial charge >= 0.3 is 0 Å². The third-order valence-electron chi connectivity index (χ3n) is 3.99. The van der Waals surface area contributed by atoms with Crippen LogP contribution in [-0.2, 0) is 4.74 Å². The van der Waals surface area contributed by atoms with Crippen LogP contribution in [0.25, 0.3) is 11.0 Å². The maximum atomic E-state index is 15.1. The van der Waals surface area contributed by atoms with E-state index in [9.17, 15) is 19.4 Å². The molecule has 0 aliphatic carbocycles. The lowest BCUT2D eigenvalue weighted by atomic mass is 9.95. The van der Waals surface area contributed by atoms with Crippen LogP contribution in [0.1, 0.15) is 13.2 Å². The Morgan fingerprint density at radius 1 is 1.67 bits per heavy atom. The van der Waals surface area contributed by atoms with Crippen LogP contribution in [0.4, 0.5) is 14.7 Å². The molecule has 0 saturated carbocycles. The van der Waals surface area contributed by atoms with Crippen LogP contribution < -0.4 is 11.3 Å². The molecule has 0 amide bonds. The van der Waals surface area contributed by atoms with Crippen molar-refractivity contribution >= 4 is 17.0 Å². The number of aromatic nitrogens is 3. The number of aliphatic hydroxyl groups excluding tert-OH is 2. The molecule has 8 nitrogen and oxygen atoms in total. The van der Waals surface area contributed by atoms with Crippen molar-refractivity contribution in [2.75, 3.05) is 5.73 Å². The van der Waals surface area contributed by atoms with E-state index in [4.69, 9.17) is 16.9 Å². The molecule has 3 heterocycles. The lowest BCUT2D eigenvalue weighted by molar-refractivity contribution is -0.0776. The Hall–Kier alpha value is -2.48. The van der Waals surface area contributed by atoms with Gasteiger partial charge in [-0.05, 0) is 6.92 Å². The summed E-state index contributed by atoms with van der Waals surface area (Å²) >= 11 is 0. The predicted molar refractivity (Wildman–Crippen MR) is 79.0 cm³/mol. The minimum absolute atomic E-state index is 0.297. The maximum absolute atomic E-state index is 15.1. The fraction of sp³-hybridized carbons (Fsp3) is 0.429. The fourth-order valence-electron chi connectivity index (χ4n) is 2.82. The Balaban J connectivity index is 2.24. The number of nitrogens with zero attached hydrogens (tertiary/aromatic N) is 2. The molecule has 10 heteroatoms. The molecule has 1 aliphatic heterocycles. The van der Waals surface area contributed by atoms with E-state index < -0.39 is 47.0 Å². The van der Waals surface area contributed by atoms with Gasteiger partial charge in [0.1, 0.15) is 17.6 Å². The fourth-order valence-corrected chi connectivity index (χ4v) is 2.82. The Kier molecular flexibility index (Phi) is 3.60. The number of nitrogens with two attached hydrogens (primary N) is 1. The zero-order valence-corrected chi connectivity index (χ0v) is 12.4. The van der Waals surface area contributed by atoms with Gasteiger partial charge in [-0.1, -0.05) is 5.92 Å². The summed E-state index contributed by atoms with van der Waals surface area (Å²) in [6.07, 6.45) is -0.208. The number of rotatable bonds is 2. The number of nitrogens with one attached hydrogen (secondary N) is 1. The molecule has 3 rings (SSSR count). The van der Waals surface area contributed by atoms with Crippen molar-refractivity contribution in [1.82, 2.24) is 14.5 Å². The predicted octanol–water partition coefficient (Wildman–Crippen LogP) is -0.574. The van der Waals surface area contributed by atoms with Gasteiger partial charge in [0.2, 0.25) is 11.6 Å². The van der Waals surface area contributed by atoms with Crippen LogP contribution in [0.15, 0.2) is 11.0 Å². The lowest BCUT2D eigenvalue weighted by Gasteiger charge is -2.24. The highest BCUT2D eigenvalue weighted by molar-refractivity contribution is 5.77. The van der Waals surface area contributed by atoms with E-state index in [0.717, 1.165) is 10.8 Å². The quantitative estimate of drug-likeness (QED) is 0.542. The summed E-state index contributed by atoms with van der Waals surface area (Å²) in [6.45, 7) is 1.28. The van der Waals surface area contributed by atoms with E-state index in [0.29, 0.717) is 0 Å². The Labute approximate surface area is 133 Å². The second-order valence-electron chi connectivity index (χ2n) is 5.58. The molecule has 0 bridgehead atoms. The van der Waals surface area contributed by atoms with Crippen molar-refractivity contribution in [2.24, 2.45) is 0 Å². The molecule has 2 unspecified atom stereocenters. The number of ether oxygens (including phenoxy) is 1. The monoisotopic (exact) mass is 340 g/mol. The molecule has 5 N–H and O–H groups in total. The van der Waals surface area contributed by atoms with Crippen LogP contribution in [0.5, 0.6) is 0 Å². The first-order chi connectivity index (χ1) is 11.2. The van der Waals surface area contributed by atoms with E-state index >= 15 is 4.39 Å². The van der Waals surface area contributed by atoms with Crippen molar-refractivity contribution in [3.63, 3.8) is 0 Å². The first kappa shape index (κ1) is 16.4. The first-order valence-electron chi connectivity index (χ1n) is 6.94. The number of alkyl halides is 1. The number of fused-ring (bicyclic) bond motifs is 1. The number of aromatic amines is 1. The van der Waals surface area contributed by atoms with Crippen LogP contribution >= 0.6 is 0 Å². The molecule has 1 saturated heterocycles. The zero-order chi connectivity index (χ0) is 17.8. The van der Waals surface area contributed by atoms with Crippen LogP contribution in [0.3, 0.4) is 0 Å². The molecule has 1 aliphatic rings. The van der Waals surface area contributed by atoms with Gasteiger partial charge in [0.15, 0.2) is 17.7 Å². The van der Waals surface area contributed by atoms with E-state index in [-0.39, 0.29) is 11.6 Å². The largest absolute Gasteiger partial charge is 0.391 e. The van der Waals surface area contributed by atoms with Gasteiger partial charge in [0.05, 0.1) is 6.10 Å². The zero-order valence-electron chi connectivity index (χ0n) is 12.4. The molecule has 2 aromatic heterocycles. The molecular formula is C14H14F2N4O4. The summed E-state index contributed by atoms with van der Waals surface area (Å²) in [4.78, 5) is 17.7. The number of aliphatic hydroxyl groups is 2. The summed E-state index contributed by atoms with van der Waals surface area (Å²) in [5.41, 5.74) is 1.51. The van der Waals surface area contributed by atoms with Crippen LogP contribution in [-0.4, -0.2) is 48.7 Å². The topological polar surface area (TPSA) is 126 Å². The Morgan fingerprint density at radius 2 is 2.33 bits per heavy atom. The molecule has 1 fully saturated rings. The second-order valence-corrected chi connectivity index (χ2v) is 5.58. The van der Waals surface area contributed by atoms with Gasteiger partial charge < -0.3 is 20.7 Å². The minimum atomic E-state index is -2.78. The molecule has 5 atom stereocenters. The Morgan fingerprint density at radius 3 is 2.92 bits per heavy atom. The number of H-pyrrole nitrogens is 1. The molecular weight excluding hydrogens is 326 g/mol. The highest BCUT2D eigenvalue weighted by Gasteiger charge is 2.59. The minimum Gasteiger partial charge on any atom is -0.391 e. The molecule has 0 spiro atoms. The molecule has 24 heavy (non-hydrogen) atoms. The normalized spacial score (nSPS) is 31.2. The average molecular weight is 340 g/mol. The summed E-state index contributed by atoms with van der Waals surface area (Å²) < 4.78 is 35.4. The first-order valence-corrected chi connectivity index (χ1v) is 6.94. The van der Waals surface area contributed by atoms with Gasteiger partial charge in [-0.2, -0.15) is 4.98 Å². The summed E-state index contributed by atoms with van der Waals surface area (Å²) in [7, 11) is 0. The van der Waals surface area contributed by atoms with Gasteiger partial charge in [-0.25, -0.2) is 8.78 Å². The summed E-state index contributed by atoms with van der Waals surface area (Å²) in [6, 6.07) is 0. The molecule has 128 valence electrons. The van der Waals surface area contributed by atoms with E-state index in [1.54, 1.807) is 5.92 Å². The smallest absolute Gasteiger partial charge is 0.264 e. The summed E-state index contributed by atoms with van der Waals surface area (Å²) in [5.74, 6) is 0.479. The van der Waals surface area contributed by atoms with Gasteiger partial charge in [-0.15, -0.1) is 6.42 Å². The lowest BCUT2D eigenvalue weighted by Crippen LogP contribution is -2.43. The number of hydrogen-bond donors (Lipinski definition) is 4. The second kappa shape index (κ2) is 5.27.